The van der Waals surface area contributed by atoms with Gasteiger partial charge in [0.05, 0.1) is 7.11 Å². The highest BCUT2D eigenvalue weighted by Crippen LogP contribution is 2.29. The molecule has 0 atom stereocenters. The molecule has 2 aromatic rings. The molecular formula is C27H34N2O3. The summed E-state index contributed by atoms with van der Waals surface area (Å²) in [5.74, 6) is 1.44. The Bertz CT molecular complexity index is 898. The summed E-state index contributed by atoms with van der Waals surface area (Å²) in [5, 5.41) is 0. The van der Waals surface area contributed by atoms with Crippen LogP contribution in [-0.4, -0.2) is 55.0 Å². The minimum Gasteiger partial charge on any atom is -0.493 e. The van der Waals surface area contributed by atoms with Gasteiger partial charge in [0.25, 0.3) is 0 Å². The van der Waals surface area contributed by atoms with Crippen LogP contribution in [0.1, 0.15) is 43.2 Å². The number of ether oxygens (including phenoxy) is 2. The van der Waals surface area contributed by atoms with Gasteiger partial charge in [-0.1, -0.05) is 55.7 Å². The second-order valence-electron chi connectivity index (χ2n) is 8.67. The van der Waals surface area contributed by atoms with Gasteiger partial charge in [-0.15, -0.1) is 0 Å². The van der Waals surface area contributed by atoms with Crippen LogP contribution < -0.4 is 9.47 Å². The van der Waals surface area contributed by atoms with E-state index in [4.69, 9.17) is 9.47 Å². The average Bonchev–Trinajstić information content (AvgIpc) is 2.87. The topological polar surface area (TPSA) is 42.0 Å². The van der Waals surface area contributed by atoms with Crippen molar-refractivity contribution in [2.24, 2.45) is 0 Å². The van der Waals surface area contributed by atoms with Crippen LogP contribution in [0.15, 0.2) is 54.6 Å². The normalized spacial score (nSPS) is 18.1. The minimum atomic E-state index is 0.0802. The maximum Gasteiger partial charge on any atom is 0.246 e. The Hall–Kier alpha value is -2.79. The third kappa shape index (κ3) is 5.92. The molecule has 1 amide bonds. The number of carbonyl (C=O) groups excluding carboxylic acids is 1. The molecule has 1 aliphatic heterocycles. The van der Waals surface area contributed by atoms with Crippen LogP contribution in [0, 0.1) is 0 Å². The molecule has 32 heavy (non-hydrogen) atoms. The zero-order chi connectivity index (χ0) is 22.2. The summed E-state index contributed by atoms with van der Waals surface area (Å²) in [7, 11) is 1.63. The van der Waals surface area contributed by atoms with Crippen LogP contribution in [0.5, 0.6) is 11.5 Å². The van der Waals surface area contributed by atoms with Gasteiger partial charge in [-0.25, -0.2) is 0 Å². The highest BCUT2D eigenvalue weighted by atomic mass is 16.5. The van der Waals surface area contributed by atoms with Crippen molar-refractivity contribution in [2.45, 2.75) is 44.8 Å². The van der Waals surface area contributed by atoms with E-state index in [1.54, 1.807) is 13.2 Å². The van der Waals surface area contributed by atoms with E-state index in [-0.39, 0.29) is 5.91 Å². The summed E-state index contributed by atoms with van der Waals surface area (Å²) in [6, 6.07) is 16.5. The lowest BCUT2D eigenvalue weighted by molar-refractivity contribution is -0.128. The molecule has 0 bridgehead atoms. The van der Waals surface area contributed by atoms with E-state index in [9.17, 15) is 4.79 Å². The lowest BCUT2D eigenvalue weighted by atomic mass is 9.94. The first-order chi connectivity index (χ1) is 15.7. The molecule has 0 unspecified atom stereocenters. The summed E-state index contributed by atoms with van der Waals surface area (Å²) in [6.07, 6.45) is 10.3. The van der Waals surface area contributed by atoms with Gasteiger partial charge >= 0.3 is 0 Å². The van der Waals surface area contributed by atoms with Gasteiger partial charge in [0.2, 0.25) is 5.91 Å². The maximum atomic E-state index is 12.7. The number of hydrogen-bond donors (Lipinski definition) is 0. The predicted molar refractivity (Wildman–Crippen MR) is 128 cm³/mol. The van der Waals surface area contributed by atoms with Crippen molar-refractivity contribution in [1.82, 2.24) is 9.80 Å². The maximum absolute atomic E-state index is 12.7. The van der Waals surface area contributed by atoms with Crippen molar-refractivity contribution in [3.8, 4) is 11.5 Å². The molecule has 2 fully saturated rings. The van der Waals surface area contributed by atoms with Crippen LogP contribution in [-0.2, 0) is 11.4 Å². The van der Waals surface area contributed by atoms with Crippen molar-refractivity contribution in [3.63, 3.8) is 0 Å². The first kappa shape index (κ1) is 22.4. The largest absolute Gasteiger partial charge is 0.493 e. The second-order valence-corrected chi connectivity index (χ2v) is 8.67. The lowest BCUT2D eigenvalue weighted by Gasteiger charge is -2.40. The lowest BCUT2D eigenvalue weighted by Crippen LogP contribution is -2.52. The molecular weight excluding hydrogens is 400 g/mol. The standard InChI is InChI=1S/C27H34N2O3/c1-31-26-20-22(12-14-25(26)32-21-23-8-4-2-5-9-23)13-15-27(30)29-18-16-28(17-19-29)24-10-6-3-7-11-24/h2,4-5,8-9,12-15,20,24H,3,6-7,10-11,16-19,21H2,1H3. The SMILES string of the molecule is COc1cc(C=CC(=O)N2CCN(C3CCCCC3)CC2)ccc1OCc1ccccc1. The molecule has 1 saturated carbocycles. The predicted octanol–water partition coefficient (Wildman–Crippen LogP) is 4.76. The van der Waals surface area contributed by atoms with Gasteiger partial charge in [-0.3, -0.25) is 9.69 Å². The zero-order valence-corrected chi connectivity index (χ0v) is 19.0. The van der Waals surface area contributed by atoms with Gasteiger partial charge in [0.1, 0.15) is 6.61 Å². The fourth-order valence-electron chi connectivity index (χ4n) is 4.67. The van der Waals surface area contributed by atoms with Crippen LogP contribution in [0.2, 0.25) is 0 Å². The number of carbonyl (C=O) groups is 1. The molecule has 170 valence electrons. The number of methoxy groups -OCH3 is 1. The monoisotopic (exact) mass is 434 g/mol. The Morgan fingerprint density at radius 3 is 2.44 bits per heavy atom. The van der Waals surface area contributed by atoms with E-state index in [2.05, 4.69) is 4.90 Å². The first-order valence-corrected chi connectivity index (χ1v) is 11.8. The number of benzene rings is 2. The third-order valence-corrected chi connectivity index (χ3v) is 6.56. The highest BCUT2D eigenvalue weighted by Gasteiger charge is 2.26. The van der Waals surface area contributed by atoms with E-state index < -0.39 is 0 Å². The van der Waals surface area contributed by atoms with Crippen molar-refractivity contribution >= 4 is 12.0 Å². The third-order valence-electron chi connectivity index (χ3n) is 6.56. The van der Waals surface area contributed by atoms with E-state index in [0.29, 0.717) is 18.1 Å². The van der Waals surface area contributed by atoms with Crippen molar-refractivity contribution < 1.29 is 14.3 Å². The second kappa shape index (κ2) is 11.2. The summed E-state index contributed by atoms with van der Waals surface area (Å²) < 4.78 is 11.4. The Kier molecular flexibility index (Phi) is 7.83. The van der Waals surface area contributed by atoms with Crippen molar-refractivity contribution in [2.75, 3.05) is 33.3 Å². The number of rotatable bonds is 7. The molecule has 0 spiro atoms. The summed E-state index contributed by atoms with van der Waals surface area (Å²) >= 11 is 0. The van der Waals surface area contributed by atoms with E-state index in [1.165, 1.54) is 32.1 Å². The Balaban J connectivity index is 1.30. The molecule has 0 aromatic heterocycles. The molecule has 4 rings (SSSR count). The quantitative estimate of drug-likeness (QED) is 0.589. The Morgan fingerprint density at radius 2 is 1.72 bits per heavy atom. The fraction of sp³-hybridized carbons (Fsp3) is 0.444. The molecule has 5 heteroatoms. The Labute approximate surface area is 191 Å². The van der Waals surface area contributed by atoms with Crippen molar-refractivity contribution in [1.29, 1.82) is 0 Å². The van der Waals surface area contributed by atoms with Gasteiger partial charge in [0.15, 0.2) is 11.5 Å². The smallest absolute Gasteiger partial charge is 0.246 e. The van der Waals surface area contributed by atoms with Gasteiger partial charge in [0, 0.05) is 38.3 Å². The molecule has 0 radical (unpaired) electrons. The van der Waals surface area contributed by atoms with Crippen LogP contribution >= 0.6 is 0 Å². The van der Waals surface area contributed by atoms with E-state index in [1.807, 2.05) is 59.5 Å². The van der Waals surface area contributed by atoms with Gasteiger partial charge in [-0.05, 0) is 42.2 Å². The van der Waals surface area contributed by atoms with Crippen LogP contribution in [0.25, 0.3) is 6.08 Å². The summed E-state index contributed by atoms with van der Waals surface area (Å²) in [5.41, 5.74) is 2.02. The molecule has 1 aliphatic carbocycles. The average molecular weight is 435 g/mol. The Morgan fingerprint density at radius 1 is 0.969 bits per heavy atom. The fourth-order valence-corrected chi connectivity index (χ4v) is 4.67. The molecule has 1 heterocycles. The number of piperazine rings is 1. The molecule has 1 saturated heterocycles. The summed E-state index contributed by atoms with van der Waals surface area (Å²) in [4.78, 5) is 17.3. The number of amides is 1. The van der Waals surface area contributed by atoms with Gasteiger partial charge in [-0.2, -0.15) is 0 Å². The zero-order valence-electron chi connectivity index (χ0n) is 19.0. The summed E-state index contributed by atoms with van der Waals surface area (Å²) in [6.45, 7) is 4.10. The highest BCUT2D eigenvalue weighted by molar-refractivity contribution is 5.92. The molecule has 0 N–H and O–H groups in total. The van der Waals surface area contributed by atoms with Crippen LogP contribution in [0.4, 0.5) is 0 Å². The van der Waals surface area contributed by atoms with Gasteiger partial charge < -0.3 is 14.4 Å². The minimum absolute atomic E-state index is 0.0802. The van der Waals surface area contributed by atoms with Crippen molar-refractivity contribution in [3.05, 3.63) is 65.7 Å². The van der Waals surface area contributed by atoms with E-state index in [0.717, 1.165) is 43.3 Å². The van der Waals surface area contributed by atoms with E-state index >= 15 is 0 Å². The first-order valence-electron chi connectivity index (χ1n) is 11.8. The number of nitrogens with zero attached hydrogens (tertiary/aromatic N) is 2. The molecule has 2 aliphatic rings. The molecule has 2 aromatic carbocycles. The molecule has 5 nitrogen and oxygen atoms in total. The number of hydrogen-bond acceptors (Lipinski definition) is 4. The van der Waals surface area contributed by atoms with Crippen LogP contribution in [0.3, 0.4) is 0 Å².